The number of anilines is 1. The predicted molar refractivity (Wildman–Crippen MR) is 109 cm³/mol. The molecule has 0 atom stereocenters. The van der Waals surface area contributed by atoms with Gasteiger partial charge in [0.05, 0.1) is 19.8 Å². The van der Waals surface area contributed by atoms with E-state index in [1.54, 1.807) is 0 Å². The van der Waals surface area contributed by atoms with Crippen LogP contribution in [0.4, 0.5) is 5.82 Å². The van der Waals surface area contributed by atoms with Gasteiger partial charge >= 0.3 is 0 Å². The summed E-state index contributed by atoms with van der Waals surface area (Å²) in [6.45, 7) is 5.22. The topological polar surface area (TPSA) is 59.4 Å². The largest absolute Gasteiger partial charge is 0.379 e. The SMILES string of the molecule is O=C(Nc1ccn(CCN2CCOCC2)n1)c1cc(Br)cc2ccccc12. The first kappa shape index (κ1) is 18.2. The molecule has 6 nitrogen and oxygen atoms in total. The number of ether oxygens (including phenoxy) is 1. The van der Waals surface area contributed by atoms with Crippen molar-refractivity contribution in [2.75, 3.05) is 38.2 Å². The molecule has 1 amide bonds. The Balaban J connectivity index is 1.44. The number of fused-ring (bicyclic) bond motifs is 1. The number of nitrogens with one attached hydrogen (secondary N) is 1. The minimum atomic E-state index is -0.161. The second-order valence-corrected chi connectivity index (χ2v) is 7.46. The van der Waals surface area contributed by atoms with Gasteiger partial charge in [-0.05, 0) is 22.9 Å². The van der Waals surface area contributed by atoms with Crippen LogP contribution in [0, 0.1) is 0 Å². The summed E-state index contributed by atoms with van der Waals surface area (Å²) in [6, 6.07) is 13.5. The van der Waals surface area contributed by atoms with Crippen molar-refractivity contribution in [2.45, 2.75) is 6.54 Å². The lowest BCUT2D eigenvalue weighted by molar-refractivity contribution is 0.0360. The smallest absolute Gasteiger partial charge is 0.257 e. The Bertz CT molecular complexity index is 950. The Morgan fingerprint density at radius 2 is 1.96 bits per heavy atom. The maximum atomic E-state index is 12.8. The van der Waals surface area contributed by atoms with E-state index in [4.69, 9.17) is 4.74 Å². The van der Waals surface area contributed by atoms with Gasteiger partial charge in [-0.3, -0.25) is 14.4 Å². The molecule has 1 aromatic heterocycles. The van der Waals surface area contributed by atoms with E-state index in [0.717, 1.165) is 54.6 Å². The van der Waals surface area contributed by atoms with Gasteiger partial charge in [0.2, 0.25) is 0 Å². The summed E-state index contributed by atoms with van der Waals surface area (Å²) in [5.74, 6) is 0.400. The summed E-state index contributed by atoms with van der Waals surface area (Å²) < 4.78 is 8.11. The van der Waals surface area contributed by atoms with Crippen molar-refractivity contribution in [3.05, 3.63) is 58.7 Å². The number of halogens is 1. The lowest BCUT2D eigenvalue weighted by atomic mass is 10.0. The molecule has 0 spiro atoms. The molecular weight excluding hydrogens is 408 g/mol. The Morgan fingerprint density at radius 1 is 1.15 bits per heavy atom. The van der Waals surface area contributed by atoms with Crippen molar-refractivity contribution in [3.8, 4) is 0 Å². The van der Waals surface area contributed by atoms with E-state index in [-0.39, 0.29) is 5.91 Å². The molecule has 1 saturated heterocycles. The fourth-order valence-corrected chi connectivity index (χ4v) is 3.74. The van der Waals surface area contributed by atoms with Crippen molar-refractivity contribution in [3.63, 3.8) is 0 Å². The molecule has 0 aliphatic carbocycles. The molecule has 0 radical (unpaired) electrons. The number of hydrogen-bond donors (Lipinski definition) is 1. The number of amides is 1. The zero-order chi connectivity index (χ0) is 18.6. The number of carbonyl (C=O) groups excluding carboxylic acids is 1. The number of benzene rings is 2. The highest BCUT2D eigenvalue weighted by Crippen LogP contribution is 2.25. The molecule has 1 aliphatic rings. The first-order valence-electron chi connectivity index (χ1n) is 9.02. The summed E-state index contributed by atoms with van der Waals surface area (Å²) in [5, 5.41) is 9.33. The van der Waals surface area contributed by atoms with Crippen LogP contribution in [0.3, 0.4) is 0 Å². The van der Waals surface area contributed by atoms with Crippen molar-refractivity contribution in [1.29, 1.82) is 0 Å². The minimum absolute atomic E-state index is 0.161. The second-order valence-electron chi connectivity index (χ2n) is 6.55. The lowest BCUT2D eigenvalue weighted by Crippen LogP contribution is -2.38. The molecule has 1 N–H and O–H groups in total. The Hall–Kier alpha value is -2.22. The molecule has 1 aliphatic heterocycles. The molecular formula is C20H21BrN4O2. The van der Waals surface area contributed by atoms with Gasteiger partial charge in [-0.25, -0.2) is 0 Å². The van der Waals surface area contributed by atoms with Gasteiger partial charge in [-0.1, -0.05) is 40.2 Å². The van der Waals surface area contributed by atoms with Gasteiger partial charge in [0, 0.05) is 41.9 Å². The van der Waals surface area contributed by atoms with E-state index in [1.165, 1.54) is 0 Å². The average Bonchev–Trinajstić information content (AvgIpc) is 3.13. The van der Waals surface area contributed by atoms with Crippen LogP contribution in [0.15, 0.2) is 53.1 Å². The summed E-state index contributed by atoms with van der Waals surface area (Å²) >= 11 is 3.49. The van der Waals surface area contributed by atoms with E-state index >= 15 is 0 Å². The number of rotatable bonds is 5. The van der Waals surface area contributed by atoms with Gasteiger partial charge in [-0.15, -0.1) is 0 Å². The molecule has 1 fully saturated rings. The summed E-state index contributed by atoms with van der Waals surface area (Å²) in [5.41, 5.74) is 0.628. The molecule has 2 heterocycles. The van der Waals surface area contributed by atoms with Gasteiger partial charge < -0.3 is 10.1 Å². The third kappa shape index (κ3) is 4.37. The highest BCUT2D eigenvalue weighted by Gasteiger charge is 2.14. The van der Waals surface area contributed by atoms with E-state index < -0.39 is 0 Å². The van der Waals surface area contributed by atoms with Crippen LogP contribution in [0.2, 0.25) is 0 Å². The zero-order valence-corrected chi connectivity index (χ0v) is 16.5. The first-order chi connectivity index (χ1) is 13.2. The molecule has 0 saturated carbocycles. The van der Waals surface area contributed by atoms with Gasteiger partial charge in [-0.2, -0.15) is 5.10 Å². The third-order valence-electron chi connectivity index (χ3n) is 4.70. The van der Waals surface area contributed by atoms with Gasteiger partial charge in [0.1, 0.15) is 0 Å². The highest BCUT2D eigenvalue weighted by atomic mass is 79.9. The van der Waals surface area contributed by atoms with Crippen LogP contribution in [-0.2, 0) is 11.3 Å². The van der Waals surface area contributed by atoms with Crippen LogP contribution < -0.4 is 5.32 Å². The lowest BCUT2D eigenvalue weighted by Gasteiger charge is -2.26. The van der Waals surface area contributed by atoms with Gasteiger partial charge in [0.25, 0.3) is 5.91 Å². The first-order valence-corrected chi connectivity index (χ1v) is 9.81. The van der Waals surface area contributed by atoms with Crippen molar-refractivity contribution in [1.82, 2.24) is 14.7 Å². The van der Waals surface area contributed by atoms with Crippen molar-refractivity contribution < 1.29 is 9.53 Å². The zero-order valence-electron chi connectivity index (χ0n) is 14.9. The number of carbonyl (C=O) groups is 1. The number of nitrogens with zero attached hydrogens (tertiary/aromatic N) is 3. The normalized spacial score (nSPS) is 15.1. The number of morpholine rings is 1. The van der Waals surface area contributed by atoms with E-state index in [0.29, 0.717) is 11.4 Å². The Labute approximate surface area is 166 Å². The monoisotopic (exact) mass is 428 g/mol. The Kier molecular flexibility index (Phi) is 5.52. The van der Waals surface area contributed by atoms with Crippen LogP contribution in [-0.4, -0.2) is 53.4 Å². The van der Waals surface area contributed by atoms with E-state index in [1.807, 2.05) is 53.3 Å². The summed E-state index contributed by atoms with van der Waals surface area (Å²) in [4.78, 5) is 15.1. The third-order valence-corrected chi connectivity index (χ3v) is 5.16. The fraction of sp³-hybridized carbons (Fsp3) is 0.300. The Morgan fingerprint density at radius 3 is 2.81 bits per heavy atom. The van der Waals surface area contributed by atoms with Crippen LogP contribution in [0.1, 0.15) is 10.4 Å². The quantitative estimate of drug-likeness (QED) is 0.676. The molecule has 0 bridgehead atoms. The molecule has 2 aromatic carbocycles. The van der Waals surface area contributed by atoms with Gasteiger partial charge in [0.15, 0.2) is 5.82 Å². The fourth-order valence-electron chi connectivity index (χ4n) is 3.27. The summed E-state index contributed by atoms with van der Waals surface area (Å²) in [7, 11) is 0. The standard InChI is InChI=1S/C20H21BrN4O2/c21-16-13-15-3-1-2-4-17(15)18(14-16)20(26)22-19-5-6-25(23-19)8-7-24-9-11-27-12-10-24/h1-6,13-14H,7-12H2,(H,22,23,26). The van der Waals surface area contributed by atoms with E-state index in [9.17, 15) is 4.79 Å². The second kappa shape index (κ2) is 8.21. The van der Waals surface area contributed by atoms with Crippen molar-refractivity contribution in [2.24, 2.45) is 0 Å². The minimum Gasteiger partial charge on any atom is -0.379 e. The molecule has 4 rings (SSSR count). The predicted octanol–water partition coefficient (Wildman–Crippen LogP) is 3.38. The summed E-state index contributed by atoms with van der Waals surface area (Å²) in [6.07, 6.45) is 1.90. The number of hydrogen-bond acceptors (Lipinski definition) is 4. The molecule has 3 aromatic rings. The van der Waals surface area contributed by atoms with Crippen LogP contribution in [0.25, 0.3) is 10.8 Å². The maximum Gasteiger partial charge on any atom is 0.257 e. The number of aromatic nitrogens is 2. The molecule has 0 unspecified atom stereocenters. The van der Waals surface area contributed by atoms with E-state index in [2.05, 4.69) is 31.2 Å². The van der Waals surface area contributed by atoms with Crippen LogP contribution >= 0.6 is 15.9 Å². The molecule has 7 heteroatoms. The highest BCUT2D eigenvalue weighted by molar-refractivity contribution is 9.10. The maximum absolute atomic E-state index is 12.8. The molecule has 140 valence electrons. The van der Waals surface area contributed by atoms with Crippen LogP contribution in [0.5, 0.6) is 0 Å². The average molecular weight is 429 g/mol. The van der Waals surface area contributed by atoms with Crippen molar-refractivity contribution >= 4 is 38.4 Å². The molecule has 27 heavy (non-hydrogen) atoms.